The van der Waals surface area contributed by atoms with Crippen LogP contribution in [0.3, 0.4) is 0 Å². The first-order chi connectivity index (χ1) is 16.4. The third-order valence-electron chi connectivity index (χ3n) is 6.80. The van der Waals surface area contributed by atoms with Gasteiger partial charge in [0.05, 0.1) is 23.1 Å². The van der Waals surface area contributed by atoms with Crippen molar-refractivity contribution in [3.8, 4) is 5.75 Å². The Morgan fingerprint density at radius 1 is 1.26 bits per heavy atom. The standard InChI is InChI=1S/C26H30N4O4/c1-29(14-19-11-17-7-4-5-10-22(17)34-19)26(32)20-12-18(27-23(31)15-33-3)13-21-24(20)30(2)25(28-21)16-8-6-9-16/h4-5,7,10,12-13,16,19H,6,8-9,11,14-15H2,1-3H3,(H,27,31). The molecule has 1 N–H and O–H groups in total. The minimum absolute atomic E-state index is 0.0592. The van der Waals surface area contributed by atoms with E-state index in [4.69, 9.17) is 14.5 Å². The van der Waals surface area contributed by atoms with Gasteiger partial charge in [-0.2, -0.15) is 0 Å². The Balaban J connectivity index is 1.45. The highest BCUT2D eigenvalue weighted by molar-refractivity contribution is 6.07. The van der Waals surface area contributed by atoms with Gasteiger partial charge >= 0.3 is 0 Å². The number of ether oxygens (including phenoxy) is 2. The Bertz CT molecular complexity index is 1220. The van der Waals surface area contributed by atoms with Crippen LogP contribution >= 0.6 is 0 Å². The lowest BCUT2D eigenvalue weighted by Gasteiger charge is -2.25. The molecule has 2 aromatic carbocycles. The topological polar surface area (TPSA) is 85.7 Å². The van der Waals surface area contributed by atoms with Gasteiger partial charge < -0.3 is 24.3 Å². The Kier molecular flexibility index (Phi) is 6.00. The van der Waals surface area contributed by atoms with E-state index in [9.17, 15) is 9.59 Å². The lowest BCUT2D eigenvalue weighted by Crippen LogP contribution is -2.36. The molecule has 0 spiro atoms. The zero-order valence-electron chi connectivity index (χ0n) is 19.8. The van der Waals surface area contributed by atoms with E-state index in [2.05, 4.69) is 11.4 Å². The number of likely N-dealkylation sites (N-methyl/N-ethyl adjacent to an activating group) is 1. The predicted octanol–water partition coefficient (Wildman–Crippen LogP) is 3.50. The molecule has 8 nitrogen and oxygen atoms in total. The van der Waals surface area contributed by atoms with Crippen molar-refractivity contribution in [3.63, 3.8) is 0 Å². The second-order valence-electron chi connectivity index (χ2n) is 9.27. The number of amides is 2. The molecule has 5 rings (SSSR count). The van der Waals surface area contributed by atoms with Gasteiger partial charge in [0.1, 0.15) is 24.3 Å². The van der Waals surface area contributed by atoms with Gasteiger partial charge in [-0.3, -0.25) is 9.59 Å². The van der Waals surface area contributed by atoms with Crippen LogP contribution in [0.4, 0.5) is 5.69 Å². The highest BCUT2D eigenvalue weighted by Gasteiger charge is 2.29. The van der Waals surface area contributed by atoms with Crippen LogP contribution in [0, 0.1) is 0 Å². The molecule has 1 aliphatic carbocycles. The summed E-state index contributed by atoms with van der Waals surface area (Å²) in [4.78, 5) is 32.4. The number of methoxy groups -OCH3 is 1. The SMILES string of the molecule is COCC(=O)Nc1cc(C(=O)N(C)CC2Cc3ccccc3O2)c2c(c1)nc(C1CCC1)n2C. The molecule has 1 aliphatic heterocycles. The van der Waals surface area contributed by atoms with Crippen LogP contribution in [0.25, 0.3) is 11.0 Å². The molecule has 1 aromatic heterocycles. The number of hydrogen-bond acceptors (Lipinski definition) is 5. The average Bonchev–Trinajstić information content (AvgIpc) is 3.32. The van der Waals surface area contributed by atoms with Crippen molar-refractivity contribution in [2.24, 2.45) is 7.05 Å². The molecule has 1 atom stereocenters. The van der Waals surface area contributed by atoms with Crippen LogP contribution in [0.1, 0.15) is 46.9 Å². The first-order valence-electron chi connectivity index (χ1n) is 11.7. The van der Waals surface area contributed by atoms with Crippen LogP contribution in [0.2, 0.25) is 0 Å². The van der Waals surface area contributed by atoms with Gasteiger partial charge in [0.25, 0.3) is 5.91 Å². The third-order valence-corrected chi connectivity index (χ3v) is 6.80. The van der Waals surface area contributed by atoms with Gasteiger partial charge in [0.2, 0.25) is 5.91 Å². The molecule has 0 bridgehead atoms. The summed E-state index contributed by atoms with van der Waals surface area (Å²) in [5.41, 5.74) is 3.72. The molecule has 3 aromatic rings. The van der Waals surface area contributed by atoms with Gasteiger partial charge in [0.15, 0.2) is 0 Å². The maximum Gasteiger partial charge on any atom is 0.256 e. The van der Waals surface area contributed by atoms with Crippen molar-refractivity contribution in [1.29, 1.82) is 0 Å². The van der Waals surface area contributed by atoms with Gasteiger partial charge in [0, 0.05) is 39.2 Å². The van der Waals surface area contributed by atoms with E-state index in [0.29, 0.717) is 29.2 Å². The lowest BCUT2D eigenvalue weighted by atomic mass is 9.85. The van der Waals surface area contributed by atoms with Crippen molar-refractivity contribution in [1.82, 2.24) is 14.5 Å². The zero-order valence-corrected chi connectivity index (χ0v) is 19.8. The number of aromatic nitrogens is 2. The fraction of sp³-hybridized carbons (Fsp3) is 0.423. The lowest BCUT2D eigenvalue weighted by molar-refractivity contribution is -0.119. The van der Waals surface area contributed by atoms with Gasteiger partial charge in [-0.1, -0.05) is 24.6 Å². The molecule has 1 fully saturated rings. The van der Waals surface area contributed by atoms with Crippen molar-refractivity contribution in [2.45, 2.75) is 37.7 Å². The molecule has 2 heterocycles. The number of aryl methyl sites for hydroxylation is 1. The number of imidazole rings is 1. The monoisotopic (exact) mass is 462 g/mol. The van der Waals surface area contributed by atoms with E-state index >= 15 is 0 Å². The maximum absolute atomic E-state index is 13.7. The largest absolute Gasteiger partial charge is 0.488 e. The van der Waals surface area contributed by atoms with Crippen LogP contribution in [-0.2, 0) is 23.0 Å². The van der Waals surface area contributed by atoms with Crippen LogP contribution < -0.4 is 10.1 Å². The van der Waals surface area contributed by atoms with E-state index in [-0.39, 0.29) is 24.5 Å². The van der Waals surface area contributed by atoms with Crippen molar-refractivity contribution in [3.05, 3.63) is 53.3 Å². The second kappa shape index (κ2) is 9.10. The fourth-order valence-corrected chi connectivity index (χ4v) is 4.91. The van der Waals surface area contributed by atoms with Gasteiger partial charge in [-0.05, 0) is 36.6 Å². The van der Waals surface area contributed by atoms with E-state index in [0.717, 1.165) is 41.9 Å². The summed E-state index contributed by atoms with van der Waals surface area (Å²) in [7, 11) is 5.24. The number of para-hydroxylation sites is 1. The molecule has 8 heteroatoms. The number of benzene rings is 2. The maximum atomic E-state index is 13.7. The number of hydrogen-bond donors (Lipinski definition) is 1. The molecule has 1 saturated carbocycles. The molecular weight excluding hydrogens is 432 g/mol. The number of nitrogens with zero attached hydrogens (tertiary/aromatic N) is 3. The van der Waals surface area contributed by atoms with Crippen LogP contribution in [0.5, 0.6) is 5.75 Å². The number of anilines is 1. The summed E-state index contributed by atoms with van der Waals surface area (Å²) >= 11 is 0. The van der Waals surface area contributed by atoms with E-state index in [1.54, 1.807) is 18.0 Å². The number of fused-ring (bicyclic) bond motifs is 2. The smallest absolute Gasteiger partial charge is 0.256 e. The summed E-state index contributed by atoms with van der Waals surface area (Å²) < 4.78 is 13.0. The molecular formula is C26H30N4O4. The molecule has 2 aliphatic rings. The third kappa shape index (κ3) is 4.14. The summed E-state index contributed by atoms with van der Waals surface area (Å²) in [6.45, 7) is 0.402. The van der Waals surface area contributed by atoms with E-state index in [1.807, 2.05) is 35.9 Å². The Hall–Kier alpha value is -3.39. The fourth-order valence-electron chi connectivity index (χ4n) is 4.91. The normalized spacial score (nSPS) is 17.2. The molecule has 0 saturated heterocycles. The Labute approximate surface area is 198 Å². The molecule has 2 amide bonds. The number of carbonyl (C=O) groups is 2. The number of nitrogens with one attached hydrogen (secondary N) is 1. The number of rotatable bonds is 7. The van der Waals surface area contributed by atoms with E-state index < -0.39 is 0 Å². The predicted molar refractivity (Wildman–Crippen MR) is 129 cm³/mol. The number of carbonyl (C=O) groups excluding carboxylic acids is 2. The van der Waals surface area contributed by atoms with Gasteiger partial charge in [-0.15, -0.1) is 0 Å². The highest BCUT2D eigenvalue weighted by atomic mass is 16.5. The second-order valence-corrected chi connectivity index (χ2v) is 9.27. The van der Waals surface area contributed by atoms with Crippen molar-refractivity contribution >= 4 is 28.5 Å². The first-order valence-corrected chi connectivity index (χ1v) is 11.7. The van der Waals surface area contributed by atoms with E-state index in [1.165, 1.54) is 13.5 Å². The van der Waals surface area contributed by atoms with Crippen LogP contribution in [-0.4, -0.2) is 59.7 Å². The summed E-state index contributed by atoms with van der Waals surface area (Å²) in [5, 5.41) is 2.83. The highest BCUT2D eigenvalue weighted by Crippen LogP contribution is 2.38. The molecule has 178 valence electrons. The van der Waals surface area contributed by atoms with Crippen molar-refractivity contribution in [2.75, 3.05) is 32.6 Å². The minimum atomic E-state index is -0.277. The summed E-state index contributed by atoms with van der Waals surface area (Å²) in [5.74, 6) is 1.88. The Morgan fingerprint density at radius 2 is 2.06 bits per heavy atom. The van der Waals surface area contributed by atoms with Crippen molar-refractivity contribution < 1.29 is 19.1 Å². The molecule has 1 unspecified atom stereocenters. The quantitative estimate of drug-likeness (QED) is 0.581. The Morgan fingerprint density at radius 3 is 2.76 bits per heavy atom. The minimum Gasteiger partial charge on any atom is -0.488 e. The first kappa shape index (κ1) is 22.4. The molecule has 0 radical (unpaired) electrons. The van der Waals surface area contributed by atoms with Crippen LogP contribution in [0.15, 0.2) is 36.4 Å². The molecule has 34 heavy (non-hydrogen) atoms. The summed E-state index contributed by atoms with van der Waals surface area (Å²) in [6.07, 6.45) is 4.09. The average molecular weight is 463 g/mol. The van der Waals surface area contributed by atoms with Gasteiger partial charge in [-0.25, -0.2) is 4.98 Å². The summed E-state index contributed by atoms with van der Waals surface area (Å²) in [6, 6.07) is 11.6. The zero-order chi connectivity index (χ0) is 23.8.